The summed E-state index contributed by atoms with van der Waals surface area (Å²) in [5, 5.41) is 7.94. The first-order chi connectivity index (χ1) is 8.61. The third kappa shape index (κ3) is 2.59. The van der Waals surface area contributed by atoms with Gasteiger partial charge < -0.3 is 5.73 Å². The number of nitrogens with two attached hydrogens (primary N) is 1. The molecule has 4 heteroatoms. The van der Waals surface area contributed by atoms with Crippen molar-refractivity contribution in [3.63, 3.8) is 0 Å². The van der Waals surface area contributed by atoms with Gasteiger partial charge in [0, 0.05) is 6.54 Å². The minimum Gasteiger partial charge on any atom is -0.322 e. The fraction of sp³-hybridized carbons (Fsp3) is 0.429. The van der Waals surface area contributed by atoms with Gasteiger partial charge in [0.1, 0.15) is 0 Å². The lowest BCUT2D eigenvalue weighted by Gasteiger charge is -2.13. The molecule has 0 aliphatic rings. The predicted molar refractivity (Wildman–Crippen MR) is 72.2 cm³/mol. The molecule has 2 N–H and O–H groups in total. The zero-order valence-electron chi connectivity index (χ0n) is 11.2. The van der Waals surface area contributed by atoms with Gasteiger partial charge in [0.05, 0.1) is 17.9 Å². The van der Waals surface area contributed by atoms with Crippen LogP contribution >= 0.6 is 0 Å². The zero-order valence-corrected chi connectivity index (χ0v) is 11.2. The van der Waals surface area contributed by atoms with Crippen molar-refractivity contribution in [3.05, 3.63) is 46.8 Å². The number of rotatable bonds is 4. The monoisotopic (exact) mass is 244 g/mol. The van der Waals surface area contributed by atoms with Crippen LogP contribution in [0.2, 0.25) is 0 Å². The third-order valence-electron chi connectivity index (χ3n) is 3.35. The van der Waals surface area contributed by atoms with Crippen molar-refractivity contribution < 1.29 is 0 Å². The highest BCUT2D eigenvalue weighted by atomic mass is 15.4. The molecule has 18 heavy (non-hydrogen) atoms. The van der Waals surface area contributed by atoms with E-state index in [0.29, 0.717) is 0 Å². The molecule has 2 aromatic rings. The van der Waals surface area contributed by atoms with Crippen molar-refractivity contribution in [3.8, 4) is 0 Å². The van der Waals surface area contributed by atoms with Crippen molar-refractivity contribution in [2.45, 2.75) is 39.8 Å². The molecule has 0 spiro atoms. The third-order valence-corrected chi connectivity index (χ3v) is 3.35. The molecule has 1 atom stereocenters. The molecule has 0 aliphatic carbocycles. The SMILES string of the molecule is CCn1nncc1C(N)Cc1ccc(C)c(C)c1. The van der Waals surface area contributed by atoms with Gasteiger partial charge in [-0.2, -0.15) is 0 Å². The van der Waals surface area contributed by atoms with E-state index in [1.54, 1.807) is 6.20 Å². The van der Waals surface area contributed by atoms with E-state index in [-0.39, 0.29) is 6.04 Å². The summed E-state index contributed by atoms with van der Waals surface area (Å²) in [6.45, 7) is 7.09. The maximum Gasteiger partial charge on any atom is 0.0757 e. The first kappa shape index (κ1) is 12.8. The second kappa shape index (κ2) is 5.31. The van der Waals surface area contributed by atoms with E-state index < -0.39 is 0 Å². The molecule has 4 nitrogen and oxygen atoms in total. The van der Waals surface area contributed by atoms with Crippen LogP contribution in [0, 0.1) is 13.8 Å². The number of nitrogens with zero attached hydrogens (tertiary/aromatic N) is 3. The van der Waals surface area contributed by atoms with Gasteiger partial charge in [0.15, 0.2) is 0 Å². The topological polar surface area (TPSA) is 56.7 Å². The maximum atomic E-state index is 6.24. The van der Waals surface area contributed by atoms with Gasteiger partial charge >= 0.3 is 0 Å². The van der Waals surface area contributed by atoms with Gasteiger partial charge in [-0.25, -0.2) is 4.68 Å². The first-order valence-electron chi connectivity index (χ1n) is 6.32. The summed E-state index contributed by atoms with van der Waals surface area (Å²) in [6, 6.07) is 6.44. The molecule has 0 saturated carbocycles. The van der Waals surface area contributed by atoms with Gasteiger partial charge in [-0.1, -0.05) is 23.4 Å². The van der Waals surface area contributed by atoms with E-state index >= 15 is 0 Å². The van der Waals surface area contributed by atoms with Gasteiger partial charge in [0.2, 0.25) is 0 Å². The summed E-state index contributed by atoms with van der Waals surface area (Å²) in [7, 11) is 0. The normalized spacial score (nSPS) is 12.7. The predicted octanol–water partition coefficient (Wildman–Crippen LogP) is 2.16. The van der Waals surface area contributed by atoms with Crippen LogP contribution in [0.5, 0.6) is 0 Å². The second-order valence-electron chi connectivity index (χ2n) is 4.70. The van der Waals surface area contributed by atoms with E-state index in [0.717, 1.165) is 18.7 Å². The van der Waals surface area contributed by atoms with E-state index in [9.17, 15) is 0 Å². The molecule has 0 aliphatic heterocycles. The van der Waals surface area contributed by atoms with Crippen LogP contribution in [0.1, 0.15) is 35.3 Å². The Morgan fingerprint density at radius 1 is 1.28 bits per heavy atom. The molecule has 96 valence electrons. The fourth-order valence-corrected chi connectivity index (χ4v) is 2.09. The van der Waals surface area contributed by atoms with Crippen molar-refractivity contribution in [1.29, 1.82) is 0 Å². The smallest absolute Gasteiger partial charge is 0.0757 e. The van der Waals surface area contributed by atoms with Gasteiger partial charge in [0.25, 0.3) is 0 Å². The molecule has 0 radical (unpaired) electrons. The van der Waals surface area contributed by atoms with Crippen LogP contribution in [0.25, 0.3) is 0 Å². The minimum absolute atomic E-state index is 0.0537. The number of aromatic nitrogens is 3. The lowest BCUT2D eigenvalue weighted by molar-refractivity contribution is 0.556. The molecular formula is C14H20N4. The summed E-state index contributed by atoms with van der Waals surface area (Å²) in [6.07, 6.45) is 2.57. The summed E-state index contributed by atoms with van der Waals surface area (Å²) < 4.78 is 1.85. The lowest BCUT2D eigenvalue weighted by Crippen LogP contribution is -2.18. The zero-order chi connectivity index (χ0) is 13.1. The van der Waals surface area contributed by atoms with Gasteiger partial charge in [-0.3, -0.25) is 0 Å². The Balaban J connectivity index is 2.16. The summed E-state index contributed by atoms with van der Waals surface area (Å²) in [5.74, 6) is 0. The van der Waals surface area contributed by atoms with E-state index in [2.05, 4.69) is 42.4 Å². The van der Waals surface area contributed by atoms with Crippen LogP contribution in [-0.4, -0.2) is 15.0 Å². The van der Waals surface area contributed by atoms with E-state index in [1.807, 2.05) is 11.6 Å². The second-order valence-corrected chi connectivity index (χ2v) is 4.70. The largest absolute Gasteiger partial charge is 0.322 e. The van der Waals surface area contributed by atoms with Crippen LogP contribution in [0.3, 0.4) is 0 Å². The first-order valence-corrected chi connectivity index (χ1v) is 6.32. The Bertz CT molecular complexity index is 530. The molecular weight excluding hydrogens is 224 g/mol. The molecule has 1 aromatic heterocycles. The molecule has 1 aromatic carbocycles. The average molecular weight is 244 g/mol. The van der Waals surface area contributed by atoms with Crippen molar-refractivity contribution in [2.24, 2.45) is 5.73 Å². The molecule has 0 fully saturated rings. The molecule has 0 saturated heterocycles. The van der Waals surface area contributed by atoms with Crippen molar-refractivity contribution >= 4 is 0 Å². The van der Waals surface area contributed by atoms with Gasteiger partial charge in [-0.15, -0.1) is 5.10 Å². The number of benzene rings is 1. The van der Waals surface area contributed by atoms with Crippen LogP contribution in [0.4, 0.5) is 0 Å². The van der Waals surface area contributed by atoms with E-state index in [1.165, 1.54) is 16.7 Å². The summed E-state index contributed by atoms with van der Waals surface area (Å²) >= 11 is 0. The van der Waals surface area contributed by atoms with Gasteiger partial charge in [-0.05, 0) is 43.9 Å². The number of hydrogen-bond donors (Lipinski definition) is 1. The summed E-state index contributed by atoms with van der Waals surface area (Å²) in [4.78, 5) is 0. The number of hydrogen-bond acceptors (Lipinski definition) is 3. The Morgan fingerprint density at radius 3 is 2.72 bits per heavy atom. The lowest BCUT2D eigenvalue weighted by atomic mass is 10.00. The number of aryl methyl sites for hydroxylation is 3. The van der Waals surface area contributed by atoms with E-state index in [4.69, 9.17) is 5.73 Å². The fourth-order valence-electron chi connectivity index (χ4n) is 2.09. The Hall–Kier alpha value is -1.68. The van der Waals surface area contributed by atoms with Crippen LogP contribution < -0.4 is 5.73 Å². The van der Waals surface area contributed by atoms with Crippen LogP contribution in [-0.2, 0) is 13.0 Å². The molecule has 1 heterocycles. The molecule has 0 amide bonds. The summed E-state index contributed by atoms with van der Waals surface area (Å²) in [5.41, 5.74) is 11.1. The highest BCUT2D eigenvalue weighted by molar-refractivity contribution is 5.30. The highest BCUT2D eigenvalue weighted by Gasteiger charge is 2.12. The van der Waals surface area contributed by atoms with Crippen molar-refractivity contribution in [2.75, 3.05) is 0 Å². The Labute approximate surface area is 108 Å². The Morgan fingerprint density at radius 2 is 2.06 bits per heavy atom. The highest BCUT2D eigenvalue weighted by Crippen LogP contribution is 2.17. The molecule has 1 unspecified atom stereocenters. The Kier molecular flexibility index (Phi) is 3.77. The van der Waals surface area contributed by atoms with Crippen molar-refractivity contribution in [1.82, 2.24) is 15.0 Å². The minimum atomic E-state index is -0.0537. The molecule has 2 rings (SSSR count). The maximum absolute atomic E-state index is 6.24. The van der Waals surface area contributed by atoms with Crippen LogP contribution in [0.15, 0.2) is 24.4 Å². The average Bonchev–Trinajstić information content (AvgIpc) is 2.82. The molecule has 0 bridgehead atoms. The standard InChI is InChI=1S/C14H20N4/c1-4-18-14(9-16-17-18)13(15)8-12-6-5-10(2)11(3)7-12/h5-7,9,13H,4,8,15H2,1-3H3. The quantitative estimate of drug-likeness (QED) is 0.896.